The Labute approximate surface area is 202 Å². The number of ether oxygens (including phenoxy) is 2. The maximum absolute atomic E-state index is 12.5. The molecule has 33 heavy (non-hydrogen) atoms. The molecular weight excluding hydrogens is 456 g/mol. The largest absolute Gasteiger partial charge is 0.591 e. The molecular formula is C24H30N4O3S2. The van der Waals surface area contributed by atoms with E-state index >= 15 is 0 Å². The van der Waals surface area contributed by atoms with Crippen molar-refractivity contribution in [2.24, 2.45) is 9.51 Å². The third-order valence-electron chi connectivity index (χ3n) is 5.05. The molecule has 0 spiro atoms. The van der Waals surface area contributed by atoms with Gasteiger partial charge in [0.2, 0.25) is 0 Å². The molecule has 0 aromatic heterocycles. The molecule has 1 saturated heterocycles. The van der Waals surface area contributed by atoms with Crippen LogP contribution in [0.4, 0.5) is 0 Å². The normalized spacial score (nSPS) is 24.4. The summed E-state index contributed by atoms with van der Waals surface area (Å²) in [7, 11) is 0. The zero-order chi connectivity index (χ0) is 23.8. The highest BCUT2D eigenvalue weighted by atomic mass is 32.2. The molecule has 2 aromatic carbocycles. The Morgan fingerprint density at radius 3 is 2.55 bits per heavy atom. The van der Waals surface area contributed by atoms with E-state index in [1.807, 2.05) is 82.3 Å². The summed E-state index contributed by atoms with van der Waals surface area (Å²) in [5.41, 5.74) is 10.9. The fourth-order valence-electron chi connectivity index (χ4n) is 3.19. The van der Waals surface area contributed by atoms with Crippen LogP contribution in [0, 0.1) is 6.92 Å². The lowest BCUT2D eigenvalue weighted by Crippen LogP contribution is -2.47. The predicted molar refractivity (Wildman–Crippen MR) is 135 cm³/mol. The first kappa shape index (κ1) is 25.6. The van der Waals surface area contributed by atoms with Crippen LogP contribution in [0.1, 0.15) is 38.3 Å². The monoisotopic (exact) mass is 486 g/mol. The van der Waals surface area contributed by atoms with Crippen LogP contribution in [0.5, 0.6) is 0 Å². The second kappa shape index (κ2) is 11.9. The smallest absolute Gasteiger partial charge is 0.144 e. The highest BCUT2D eigenvalue weighted by Gasteiger charge is 2.39. The fraction of sp³-hybridized carbons (Fsp3) is 0.458. The van der Waals surface area contributed by atoms with Gasteiger partial charge >= 0.3 is 0 Å². The molecule has 0 saturated carbocycles. The van der Waals surface area contributed by atoms with E-state index in [1.165, 1.54) is 17.3 Å². The molecule has 0 bridgehead atoms. The maximum atomic E-state index is 12.5. The fourth-order valence-corrected chi connectivity index (χ4v) is 4.80. The minimum absolute atomic E-state index is 0.389. The van der Waals surface area contributed by atoms with Crippen molar-refractivity contribution in [1.29, 1.82) is 0 Å². The molecule has 2 aromatic rings. The Bertz CT molecular complexity index is 960. The summed E-state index contributed by atoms with van der Waals surface area (Å²) in [4.78, 5) is 4.06. The van der Waals surface area contributed by atoms with Gasteiger partial charge in [0.25, 0.3) is 0 Å². The van der Waals surface area contributed by atoms with E-state index in [0.717, 1.165) is 10.5 Å². The Morgan fingerprint density at radius 1 is 1.21 bits per heavy atom. The van der Waals surface area contributed by atoms with E-state index in [1.54, 1.807) is 6.21 Å². The second-order valence-electron chi connectivity index (χ2n) is 8.86. The maximum Gasteiger partial charge on any atom is 0.144 e. The number of benzene rings is 2. The van der Waals surface area contributed by atoms with Gasteiger partial charge in [0.1, 0.15) is 27.6 Å². The molecule has 1 fully saturated rings. The van der Waals surface area contributed by atoms with Gasteiger partial charge in [0.15, 0.2) is 0 Å². The predicted octanol–water partition coefficient (Wildman–Crippen LogP) is 6.00. The zero-order valence-corrected chi connectivity index (χ0v) is 21.0. The number of rotatable bonds is 8. The first-order chi connectivity index (χ1) is 15.8. The number of azide groups is 1. The highest BCUT2D eigenvalue weighted by molar-refractivity contribution is 7.99. The van der Waals surface area contributed by atoms with Crippen LogP contribution in [0.15, 0.2) is 69.0 Å². The van der Waals surface area contributed by atoms with Crippen LogP contribution < -0.4 is 0 Å². The van der Waals surface area contributed by atoms with Gasteiger partial charge in [-0.3, -0.25) is 0 Å². The summed E-state index contributed by atoms with van der Waals surface area (Å²) >= 11 is 0.0885. The summed E-state index contributed by atoms with van der Waals surface area (Å²) in [5, 5.41) is 4.00. The summed E-state index contributed by atoms with van der Waals surface area (Å²) < 4.78 is 28.8. The molecule has 3 rings (SSSR count). The van der Waals surface area contributed by atoms with E-state index in [0.29, 0.717) is 13.0 Å². The highest BCUT2D eigenvalue weighted by Crippen LogP contribution is 2.36. The van der Waals surface area contributed by atoms with Gasteiger partial charge in [-0.1, -0.05) is 69.3 Å². The van der Waals surface area contributed by atoms with Crippen LogP contribution in [-0.4, -0.2) is 39.2 Å². The van der Waals surface area contributed by atoms with Crippen molar-refractivity contribution >= 4 is 29.3 Å². The van der Waals surface area contributed by atoms with Crippen LogP contribution in [0.2, 0.25) is 0 Å². The molecule has 1 aliphatic rings. The molecule has 5 atom stereocenters. The van der Waals surface area contributed by atoms with Crippen LogP contribution in [0.25, 0.3) is 10.4 Å². The molecule has 176 valence electrons. The van der Waals surface area contributed by atoms with Crippen LogP contribution >= 0.6 is 11.8 Å². The van der Waals surface area contributed by atoms with E-state index in [2.05, 4.69) is 14.4 Å². The summed E-state index contributed by atoms with van der Waals surface area (Å²) in [5.74, 6) is 0. The lowest BCUT2D eigenvalue weighted by atomic mass is 10.0. The Kier molecular flexibility index (Phi) is 9.26. The summed E-state index contributed by atoms with van der Waals surface area (Å²) in [6, 6.07) is 17.5. The van der Waals surface area contributed by atoms with Gasteiger partial charge in [0, 0.05) is 9.81 Å². The van der Waals surface area contributed by atoms with Crippen molar-refractivity contribution < 1.29 is 14.0 Å². The molecule has 1 aliphatic heterocycles. The van der Waals surface area contributed by atoms with Gasteiger partial charge in [-0.25, -0.2) is 0 Å². The van der Waals surface area contributed by atoms with Crippen molar-refractivity contribution in [3.8, 4) is 0 Å². The van der Waals surface area contributed by atoms with Gasteiger partial charge in [-0.2, -0.15) is 0 Å². The van der Waals surface area contributed by atoms with Crippen molar-refractivity contribution in [1.82, 2.24) is 0 Å². The van der Waals surface area contributed by atoms with Crippen molar-refractivity contribution in [2.45, 2.75) is 74.1 Å². The first-order valence-corrected chi connectivity index (χ1v) is 12.8. The number of hydrogen-bond donors (Lipinski definition) is 0. The number of thioether (sulfide) groups is 1. The number of nitrogens with zero attached hydrogens (tertiary/aromatic N) is 4. The molecule has 1 heterocycles. The third-order valence-corrected chi connectivity index (χ3v) is 7.62. The quantitative estimate of drug-likeness (QED) is 0.150. The molecule has 0 N–H and O–H groups in total. The SMILES string of the molecule is Cc1ccc(S[C@@H]2O[C@H](/C=N/[S@+]([O-])C(C)(C)C)[C@@H](OCc3ccccc3)C[C@H]2N=[N+]=[N-])cc1. The summed E-state index contributed by atoms with van der Waals surface area (Å²) in [6.45, 7) is 8.04. The zero-order valence-electron chi connectivity index (χ0n) is 19.3. The second-order valence-corrected chi connectivity index (χ2v) is 12.0. The van der Waals surface area contributed by atoms with Gasteiger partial charge < -0.3 is 14.0 Å². The standard InChI is InChI=1S/C24H30N4O3S2/c1-17-10-12-19(13-11-17)32-23-20(27-28-25)14-21(30-16-18-8-6-5-7-9-18)22(31-23)15-26-33(29)24(2,3)4/h5-13,15,20-23H,14,16H2,1-4H3/b26-15+/t20-,21+,22-,23+,33-/m1/s1. The topological polar surface area (TPSA) is 103 Å². The minimum atomic E-state index is -1.41. The Hall–Kier alpha value is -2.00. The summed E-state index contributed by atoms with van der Waals surface area (Å²) in [6.07, 6.45) is 1.15. The van der Waals surface area contributed by atoms with Crippen molar-refractivity contribution in [3.63, 3.8) is 0 Å². The van der Waals surface area contributed by atoms with E-state index in [4.69, 9.17) is 15.0 Å². The molecule has 9 heteroatoms. The lowest BCUT2D eigenvalue weighted by molar-refractivity contribution is -0.0973. The van der Waals surface area contributed by atoms with Gasteiger partial charge in [0.05, 0.1) is 25.0 Å². The van der Waals surface area contributed by atoms with Gasteiger partial charge in [-0.15, -0.1) is 0 Å². The molecule has 0 radical (unpaired) electrons. The van der Waals surface area contributed by atoms with Crippen LogP contribution in [0.3, 0.4) is 0 Å². The molecule has 7 nitrogen and oxygen atoms in total. The average Bonchev–Trinajstić information content (AvgIpc) is 2.79. The minimum Gasteiger partial charge on any atom is -0.591 e. The van der Waals surface area contributed by atoms with E-state index in [-0.39, 0.29) is 0 Å². The van der Waals surface area contributed by atoms with Crippen molar-refractivity contribution in [2.75, 3.05) is 0 Å². The Balaban J connectivity index is 1.81. The van der Waals surface area contributed by atoms with E-state index < -0.39 is 39.8 Å². The molecule has 0 amide bonds. The molecule has 0 aliphatic carbocycles. The van der Waals surface area contributed by atoms with Crippen molar-refractivity contribution in [3.05, 3.63) is 76.2 Å². The first-order valence-electron chi connectivity index (χ1n) is 10.8. The van der Waals surface area contributed by atoms with E-state index in [9.17, 15) is 4.55 Å². The molecule has 0 unspecified atom stereocenters. The average molecular weight is 487 g/mol. The third kappa shape index (κ3) is 7.78. The number of hydrogen-bond acceptors (Lipinski definition) is 6. The number of aryl methyl sites for hydroxylation is 1. The Morgan fingerprint density at radius 2 is 1.91 bits per heavy atom. The lowest BCUT2D eigenvalue weighted by Gasteiger charge is -2.38. The van der Waals surface area contributed by atoms with Crippen LogP contribution in [-0.2, 0) is 27.4 Å². The van der Waals surface area contributed by atoms with Gasteiger partial charge in [-0.05, 0) is 57.3 Å².